The van der Waals surface area contributed by atoms with Crippen LogP contribution in [0.2, 0.25) is 0 Å². The molecule has 0 radical (unpaired) electrons. The number of rotatable bonds is 16. The molecule has 0 aromatic heterocycles. The van der Waals surface area contributed by atoms with Crippen LogP contribution in [0.3, 0.4) is 0 Å². The summed E-state index contributed by atoms with van der Waals surface area (Å²) in [5.41, 5.74) is -0.266. The van der Waals surface area contributed by atoms with Crippen molar-refractivity contribution < 1.29 is 38.1 Å². The van der Waals surface area contributed by atoms with Gasteiger partial charge in [0.1, 0.15) is 0 Å². The zero-order valence-corrected chi connectivity index (χ0v) is 25.3. The number of carbonyl (C=O) groups is 4. The van der Waals surface area contributed by atoms with Crippen LogP contribution < -0.4 is 10.6 Å². The van der Waals surface area contributed by atoms with E-state index in [0.29, 0.717) is 36.8 Å². The fourth-order valence-corrected chi connectivity index (χ4v) is 4.62. The highest BCUT2D eigenvalue weighted by molar-refractivity contribution is 5.87. The van der Waals surface area contributed by atoms with E-state index in [2.05, 4.69) is 23.8 Å². The van der Waals surface area contributed by atoms with Crippen LogP contribution in [0.5, 0.6) is 0 Å². The molecule has 10 heteroatoms. The molecule has 0 aromatic carbocycles. The Bertz CT molecular complexity index is 826. The number of esters is 2. The quantitative estimate of drug-likeness (QED) is 0.107. The highest BCUT2D eigenvalue weighted by Crippen LogP contribution is 2.40. The molecule has 0 aliphatic heterocycles. The minimum atomic E-state index is -0.489. The van der Waals surface area contributed by atoms with Crippen LogP contribution >= 0.6 is 0 Å². The van der Waals surface area contributed by atoms with Crippen LogP contribution in [-0.2, 0) is 28.5 Å². The predicted octanol–water partition coefficient (Wildman–Crippen LogP) is 5.60. The van der Waals surface area contributed by atoms with Gasteiger partial charge < -0.3 is 29.6 Å². The molecule has 0 bridgehead atoms. The van der Waals surface area contributed by atoms with Gasteiger partial charge in [0.25, 0.3) is 0 Å². The third-order valence-corrected chi connectivity index (χ3v) is 7.27. The Morgan fingerprint density at radius 1 is 0.650 bits per heavy atom. The minimum absolute atomic E-state index is 0.208. The number of ether oxygens (including phenoxy) is 4. The summed E-state index contributed by atoms with van der Waals surface area (Å²) in [7, 11) is 0. The van der Waals surface area contributed by atoms with E-state index in [-0.39, 0.29) is 38.3 Å². The molecule has 1 rings (SSSR count). The third-order valence-electron chi connectivity index (χ3n) is 7.27. The number of amides is 2. The average molecular weight is 567 g/mol. The molecule has 2 unspecified atom stereocenters. The Kier molecular flexibility index (Phi) is 14.8. The van der Waals surface area contributed by atoms with Crippen molar-refractivity contribution in [3.63, 3.8) is 0 Å². The third kappa shape index (κ3) is 13.3. The number of carbonyl (C=O) groups excluding carboxylic acids is 4. The summed E-state index contributed by atoms with van der Waals surface area (Å²) in [4.78, 5) is 47.7. The highest BCUT2D eigenvalue weighted by Gasteiger charge is 2.41. The lowest BCUT2D eigenvalue weighted by Crippen LogP contribution is -2.55. The normalized spacial score (nSPS) is 17.2. The molecule has 1 aliphatic rings. The summed E-state index contributed by atoms with van der Waals surface area (Å²) in [6.45, 7) is 19.2. The van der Waals surface area contributed by atoms with E-state index < -0.39 is 35.2 Å². The number of hydrogen-bond acceptors (Lipinski definition) is 8. The summed E-state index contributed by atoms with van der Waals surface area (Å²) in [5, 5.41) is 6.03. The van der Waals surface area contributed by atoms with Crippen molar-refractivity contribution in [2.24, 2.45) is 11.8 Å². The first-order valence-electron chi connectivity index (χ1n) is 14.2. The Hall–Kier alpha value is -3.04. The molecule has 10 nitrogen and oxygen atoms in total. The van der Waals surface area contributed by atoms with Crippen LogP contribution in [0.15, 0.2) is 24.3 Å². The van der Waals surface area contributed by atoms with E-state index in [9.17, 15) is 19.2 Å². The van der Waals surface area contributed by atoms with Crippen LogP contribution in [0.1, 0.15) is 92.9 Å². The van der Waals surface area contributed by atoms with E-state index in [0.717, 1.165) is 25.7 Å². The van der Waals surface area contributed by atoms with E-state index in [1.54, 1.807) is 13.8 Å². The summed E-state index contributed by atoms with van der Waals surface area (Å²) >= 11 is 0. The molecule has 1 saturated carbocycles. The van der Waals surface area contributed by atoms with Gasteiger partial charge in [-0.05, 0) is 98.3 Å². The molecule has 2 N–H and O–H groups in total. The topological polar surface area (TPSA) is 129 Å². The van der Waals surface area contributed by atoms with Crippen molar-refractivity contribution in [1.29, 1.82) is 0 Å². The van der Waals surface area contributed by atoms with Gasteiger partial charge >= 0.3 is 24.1 Å². The molecule has 40 heavy (non-hydrogen) atoms. The molecular formula is C30H50N2O8. The van der Waals surface area contributed by atoms with Gasteiger partial charge in [0, 0.05) is 22.2 Å². The minimum Gasteiger partial charge on any atom is -0.462 e. The van der Waals surface area contributed by atoms with E-state index >= 15 is 0 Å². The molecule has 0 saturated heterocycles. The van der Waals surface area contributed by atoms with Crippen LogP contribution in [0, 0.1) is 11.8 Å². The van der Waals surface area contributed by atoms with E-state index in [1.165, 1.54) is 0 Å². The molecule has 1 aliphatic carbocycles. The van der Waals surface area contributed by atoms with Gasteiger partial charge in [-0.3, -0.25) is 0 Å². The maximum absolute atomic E-state index is 12.5. The second-order valence-corrected chi connectivity index (χ2v) is 11.8. The van der Waals surface area contributed by atoms with Crippen molar-refractivity contribution in [2.45, 2.75) is 104 Å². The maximum Gasteiger partial charge on any atom is 0.407 e. The fourth-order valence-electron chi connectivity index (χ4n) is 4.62. The lowest BCUT2D eigenvalue weighted by molar-refractivity contribution is -0.140. The van der Waals surface area contributed by atoms with Gasteiger partial charge in [0.2, 0.25) is 0 Å². The molecule has 2 amide bonds. The van der Waals surface area contributed by atoms with Gasteiger partial charge in [-0.15, -0.1) is 0 Å². The second-order valence-electron chi connectivity index (χ2n) is 11.8. The molecule has 1 fully saturated rings. The van der Waals surface area contributed by atoms with Crippen molar-refractivity contribution >= 4 is 24.1 Å². The van der Waals surface area contributed by atoms with Gasteiger partial charge in [-0.2, -0.15) is 0 Å². The average Bonchev–Trinajstić information content (AvgIpc) is 2.87. The van der Waals surface area contributed by atoms with E-state index in [4.69, 9.17) is 18.9 Å². The van der Waals surface area contributed by atoms with Crippen molar-refractivity contribution in [1.82, 2.24) is 10.6 Å². The molecule has 0 aromatic rings. The second kappa shape index (κ2) is 16.9. The van der Waals surface area contributed by atoms with Gasteiger partial charge in [-0.1, -0.05) is 19.6 Å². The predicted molar refractivity (Wildman–Crippen MR) is 153 cm³/mol. The standard InChI is InChI=1S/C30H50N2O8/c1-21(2)25(33)37-16-9-11-18-39-27(35)31-29(5,6)23-14-13-15-24(20-23)30(7,8)32-28(36)40-19-12-10-17-38-26(34)22(3)4/h23-24H,1,3,9-20H2,2,4-8H3,(H,31,35)(H,32,36). The Balaban J connectivity index is 2.40. The van der Waals surface area contributed by atoms with Crippen LogP contribution in [0.4, 0.5) is 9.59 Å². The summed E-state index contributed by atoms with van der Waals surface area (Å²) < 4.78 is 20.8. The molecule has 0 heterocycles. The van der Waals surface area contributed by atoms with Crippen molar-refractivity contribution in [2.75, 3.05) is 26.4 Å². The van der Waals surface area contributed by atoms with Crippen LogP contribution in [-0.4, -0.2) is 61.6 Å². The van der Waals surface area contributed by atoms with Crippen molar-refractivity contribution in [3.8, 4) is 0 Å². The summed E-state index contributed by atoms with van der Waals surface area (Å²) in [6, 6.07) is 0. The largest absolute Gasteiger partial charge is 0.462 e. The molecule has 228 valence electrons. The summed E-state index contributed by atoms with van der Waals surface area (Å²) in [6.07, 6.45) is 5.17. The lowest BCUT2D eigenvalue weighted by atomic mass is 9.67. The Labute approximate surface area is 239 Å². The zero-order chi connectivity index (χ0) is 30.3. The Morgan fingerprint density at radius 2 is 0.975 bits per heavy atom. The Morgan fingerprint density at radius 3 is 1.30 bits per heavy atom. The van der Waals surface area contributed by atoms with E-state index in [1.807, 2.05) is 27.7 Å². The summed E-state index contributed by atoms with van der Waals surface area (Å²) in [5.74, 6) is -0.423. The van der Waals surface area contributed by atoms with Gasteiger partial charge in [0.15, 0.2) is 0 Å². The lowest BCUT2D eigenvalue weighted by Gasteiger charge is -2.45. The van der Waals surface area contributed by atoms with Gasteiger partial charge in [0.05, 0.1) is 26.4 Å². The first kappa shape index (κ1) is 35.0. The first-order chi connectivity index (χ1) is 18.7. The number of alkyl carbamates (subject to hydrolysis) is 2. The monoisotopic (exact) mass is 566 g/mol. The van der Waals surface area contributed by atoms with Gasteiger partial charge in [-0.25, -0.2) is 19.2 Å². The SMILES string of the molecule is C=C(C)C(=O)OCCCCOC(=O)NC(C)(C)C1CCCC(C(C)(C)NC(=O)OCCCCOC(=O)C(=C)C)C1. The highest BCUT2D eigenvalue weighted by atomic mass is 16.6. The number of nitrogens with one attached hydrogen (secondary N) is 2. The van der Waals surface area contributed by atoms with Crippen molar-refractivity contribution in [3.05, 3.63) is 24.3 Å². The smallest absolute Gasteiger partial charge is 0.407 e. The van der Waals surface area contributed by atoms with Crippen LogP contribution in [0.25, 0.3) is 0 Å². The molecule has 2 atom stereocenters. The molecule has 0 spiro atoms. The maximum atomic E-state index is 12.5. The fraction of sp³-hybridized carbons (Fsp3) is 0.733. The molecular weight excluding hydrogens is 516 g/mol. The first-order valence-corrected chi connectivity index (χ1v) is 14.2. The zero-order valence-electron chi connectivity index (χ0n) is 25.3. The number of unbranched alkanes of at least 4 members (excludes halogenated alkanes) is 2. The number of hydrogen-bond donors (Lipinski definition) is 2.